The van der Waals surface area contributed by atoms with Crippen LogP contribution >= 0.6 is 0 Å². The third-order valence-corrected chi connectivity index (χ3v) is 14.2. The third kappa shape index (κ3) is 64.6. The number of esters is 3. The van der Waals surface area contributed by atoms with Crippen LogP contribution in [0, 0.1) is 0 Å². The minimum atomic E-state index is -0.803. The number of carbonyl (C=O) groups is 3. The monoisotopic (exact) mass is 1110 g/mol. The highest BCUT2D eigenvalue weighted by Crippen LogP contribution is 2.15. The number of hydrogen-bond donors (Lipinski definition) is 0. The number of carbonyl (C=O) groups excluding carboxylic acids is 3. The Morgan fingerprint density at radius 3 is 0.787 bits per heavy atom. The van der Waals surface area contributed by atoms with E-state index in [1.807, 2.05) is 0 Å². The molecule has 0 N–H and O–H groups in total. The zero-order chi connectivity index (χ0) is 57.8. The van der Waals surface area contributed by atoms with Gasteiger partial charge in [0.15, 0.2) is 6.10 Å². The molecule has 0 rings (SSSR count). The Balaban J connectivity index is 4.46. The molecule has 0 aromatic rings. The summed E-state index contributed by atoms with van der Waals surface area (Å²) in [4.78, 5) is 38.4. The molecule has 0 saturated carbocycles. The van der Waals surface area contributed by atoms with E-state index >= 15 is 0 Å². The first-order valence-electron chi connectivity index (χ1n) is 33.5. The first-order chi connectivity index (χ1) is 39.5. The maximum atomic E-state index is 12.9. The Kier molecular flexibility index (Phi) is 63.8. The third-order valence-electron chi connectivity index (χ3n) is 14.2. The Labute approximate surface area is 494 Å². The van der Waals surface area contributed by atoms with Crippen LogP contribution in [-0.2, 0) is 28.6 Å². The van der Waals surface area contributed by atoms with Crippen LogP contribution in [0.25, 0.3) is 0 Å². The Morgan fingerprint density at radius 2 is 0.487 bits per heavy atom. The molecule has 0 saturated heterocycles. The predicted molar refractivity (Wildman–Crippen MR) is 348 cm³/mol. The minimum absolute atomic E-state index is 0.0963. The molecular formula is C74H124O6. The molecule has 6 nitrogen and oxygen atoms in total. The minimum Gasteiger partial charge on any atom is -0.462 e. The summed E-state index contributed by atoms with van der Waals surface area (Å²) < 4.78 is 16.9. The fraction of sp³-hybridized carbons (Fsp3) is 0.689. The first-order valence-corrected chi connectivity index (χ1v) is 33.5. The van der Waals surface area contributed by atoms with Gasteiger partial charge >= 0.3 is 17.9 Å². The standard InChI is InChI=1S/C74H124O6/c1-4-7-10-13-16-19-22-25-28-31-33-35-36-37-38-40-41-43-46-49-52-55-58-61-64-67-73(76)79-70-71(69-78-72(75)66-63-60-57-54-51-48-45-30-27-24-21-18-15-12-9-6-3)80-74(77)68-65-62-59-56-53-50-47-44-42-39-34-32-29-26-23-20-17-14-11-8-5-2/h7,10,16,19,23,25-26,28,30,32-35,37-38,41,43,45,49,52,71H,4-6,8-9,11-15,17-18,20-22,24,27,29,31,36,39-40,42,44,46-48,50-51,53-70H2,1-3H3/b10-7-,19-16-,26-23-,28-25-,34-32-,35-33-,38-37-,43-41-,45-30-,52-49-. The lowest BCUT2D eigenvalue weighted by atomic mass is 10.1. The highest BCUT2D eigenvalue weighted by Gasteiger charge is 2.19. The van der Waals surface area contributed by atoms with Gasteiger partial charge in [-0.2, -0.15) is 0 Å². The Hall–Kier alpha value is -4.19. The van der Waals surface area contributed by atoms with Crippen LogP contribution in [0.4, 0.5) is 0 Å². The normalized spacial score (nSPS) is 12.9. The van der Waals surface area contributed by atoms with Gasteiger partial charge in [0.25, 0.3) is 0 Å². The number of unbranched alkanes of at least 4 members (excludes halogenated alkanes) is 29. The summed E-state index contributed by atoms with van der Waals surface area (Å²) in [6, 6.07) is 0. The lowest BCUT2D eigenvalue weighted by Gasteiger charge is -2.18. The van der Waals surface area contributed by atoms with E-state index in [4.69, 9.17) is 14.2 Å². The van der Waals surface area contributed by atoms with E-state index in [1.165, 1.54) is 148 Å². The first kappa shape index (κ1) is 75.8. The van der Waals surface area contributed by atoms with Crippen molar-refractivity contribution in [3.8, 4) is 0 Å². The van der Waals surface area contributed by atoms with Crippen LogP contribution in [0.3, 0.4) is 0 Å². The summed E-state index contributed by atoms with van der Waals surface area (Å²) in [5.41, 5.74) is 0. The van der Waals surface area contributed by atoms with Gasteiger partial charge in [0.2, 0.25) is 0 Å². The molecule has 1 atom stereocenters. The van der Waals surface area contributed by atoms with Crippen LogP contribution < -0.4 is 0 Å². The predicted octanol–water partition coefficient (Wildman–Crippen LogP) is 23.2. The SMILES string of the molecule is CC/C=C\C/C=C\C/C=C\C/C=C\C/C=C\C/C=C\C/C=C\CCCCCC(=O)OCC(COC(=O)CCCCCCC/C=C\CCCCCCCCC)OC(=O)CCCCCCCCCCC/C=C\C/C=C\CCCCCCC. The Morgan fingerprint density at radius 1 is 0.263 bits per heavy atom. The van der Waals surface area contributed by atoms with Crippen molar-refractivity contribution in [3.05, 3.63) is 122 Å². The zero-order valence-electron chi connectivity index (χ0n) is 52.3. The van der Waals surface area contributed by atoms with Gasteiger partial charge in [-0.3, -0.25) is 14.4 Å². The number of rotatable bonds is 60. The zero-order valence-corrected chi connectivity index (χ0v) is 52.3. The van der Waals surface area contributed by atoms with Crippen LogP contribution in [0.15, 0.2) is 122 Å². The van der Waals surface area contributed by atoms with Crippen molar-refractivity contribution in [2.75, 3.05) is 13.2 Å². The lowest BCUT2D eigenvalue weighted by molar-refractivity contribution is -0.167. The van der Waals surface area contributed by atoms with Gasteiger partial charge < -0.3 is 14.2 Å². The molecule has 0 amide bonds. The van der Waals surface area contributed by atoms with Crippen LogP contribution in [-0.4, -0.2) is 37.2 Å². The number of ether oxygens (including phenoxy) is 3. The summed E-state index contributed by atoms with van der Waals surface area (Å²) in [5.74, 6) is -0.935. The van der Waals surface area contributed by atoms with Gasteiger partial charge in [-0.25, -0.2) is 0 Å². The number of allylic oxidation sites excluding steroid dienone is 20. The molecule has 0 spiro atoms. The second-order valence-electron chi connectivity index (χ2n) is 22.0. The van der Waals surface area contributed by atoms with Gasteiger partial charge in [0.1, 0.15) is 13.2 Å². The van der Waals surface area contributed by atoms with Gasteiger partial charge in [-0.05, 0) is 135 Å². The molecule has 0 aliphatic heterocycles. The van der Waals surface area contributed by atoms with Crippen LogP contribution in [0.5, 0.6) is 0 Å². The lowest BCUT2D eigenvalue weighted by Crippen LogP contribution is -2.30. The molecule has 0 radical (unpaired) electrons. The molecule has 0 aliphatic rings. The molecule has 1 unspecified atom stereocenters. The topological polar surface area (TPSA) is 78.9 Å². The Bertz CT molecular complexity index is 1650. The second kappa shape index (κ2) is 67.3. The van der Waals surface area contributed by atoms with Crippen molar-refractivity contribution in [2.45, 2.75) is 316 Å². The van der Waals surface area contributed by atoms with Crippen molar-refractivity contribution in [1.82, 2.24) is 0 Å². The van der Waals surface area contributed by atoms with Crippen LogP contribution in [0.2, 0.25) is 0 Å². The summed E-state index contributed by atoms with van der Waals surface area (Å²) >= 11 is 0. The van der Waals surface area contributed by atoms with Gasteiger partial charge in [0.05, 0.1) is 0 Å². The van der Waals surface area contributed by atoms with Crippen molar-refractivity contribution in [1.29, 1.82) is 0 Å². The molecule has 0 aromatic carbocycles. The summed E-state index contributed by atoms with van der Waals surface area (Å²) in [5, 5.41) is 0. The second-order valence-corrected chi connectivity index (χ2v) is 22.0. The van der Waals surface area contributed by atoms with Gasteiger partial charge in [-0.1, -0.05) is 277 Å². The molecule has 456 valence electrons. The molecule has 0 aromatic heterocycles. The van der Waals surface area contributed by atoms with Gasteiger partial charge in [-0.15, -0.1) is 0 Å². The average Bonchev–Trinajstić information content (AvgIpc) is 3.46. The van der Waals surface area contributed by atoms with E-state index in [0.717, 1.165) is 122 Å². The molecule has 0 fully saturated rings. The fourth-order valence-corrected chi connectivity index (χ4v) is 9.15. The van der Waals surface area contributed by atoms with E-state index in [0.29, 0.717) is 19.3 Å². The average molecular weight is 1110 g/mol. The smallest absolute Gasteiger partial charge is 0.306 e. The highest BCUT2D eigenvalue weighted by molar-refractivity contribution is 5.71. The summed E-state index contributed by atoms with van der Waals surface area (Å²) in [7, 11) is 0. The van der Waals surface area contributed by atoms with Crippen molar-refractivity contribution < 1.29 is 28.6 Å². The molecule has 0 bridgehead atoms. The van der Waals surface area contributed by atoms with E-state index in [9.17, 15) is 14.4 Å². The maximum Gasteiger partial charge on any atom is 0.306 e. The van der Waals surface area contributed by atoms with E-state index in [1.54, 1.807) is 0 Å². The van der Waals surface area contributed by atoms with Crippen molar-refractivity contribution in [3.63, 3.8) is 0 Å². The van der Waals surface area contributed by atoms with E-state index < -0.39 is 6.10 Å². The summed E-state index contributed by atoms with van der Waals surface area (Å²) in [6.07, 6.45) is 93.4. The molecular weight excluding hydrogens is 985 g/mol. The summed E-state index contributed by atoms with van der Waals surface area (Å²) in [6.45, 7) is 6.50. The van der Waals surface area contributed by atoms with E-state index in [-0.39, 0.29) is 31.1 Å². The molecule has 6 heteroatoms. The highest BCUT2D eigenvalue weighted by atomic mass is 16.6. The molecule has 0 aliphatic carbocycles. The van der Waals surface area contributed by atoms with Gasteiger partial charge in [0, 0.05) is 19.3 Å². The van der Waals surface area contributed by atoms with Crippen molar-refractivity contribution in [2.24, 2.45) is 0 Å². The van der Waals surface area contributed by atoms with Crippen LogP contribution in [0.1, 0.15) is 310 Å². The quantitative estimate of drug-likeness (QED) is 0.0261. The number of hydrogen-bond acceptors (Lipinski definition) is 6. The molecule has 80 heavy (non-hydrogen) atoms. The maximum absolute atomic E-state index is 12.9. The van der Waals surface area contributed by atoms with Crippen molar-refractivity contribution >= 4 is 17.9 Å². The van der Waals surface area contributed by atoms with E-state index in [2.05, 4.69) is 142 Å². The fourth-order valence-electron chi connectivity index (χ4n) is 9.15. The molecule has 0 heterocycles. The largest absolute Gasteiger partial charge is 0.462 e.